The fourth-order valence-electron chi connectivity index (χ4n) is 2.41. The van der Waals surface area contributed by atoms with Crippen LogP contribution in [-0.2, 0) is 10.0 Å². The molecule has 124 valence electrons. The van der Waals surface area contributed by atoms with Crippen LogP contribution < -0.4 is 10.1 Å². The van der Waals surface area contributed by atoms with Gasteiger partial charge in [-0.1, -0.05) is 0 Å². The maximum atomic E-state index is 12.0. The summed E-state index contributed by atoms with van der Waals surface area (Å²) in [6.45, 7) is 6.74. The standard InChI is InChI=1S/C15H25N3O3S/c1-13-12-16-8-9-18(13)10-11-21-14-4-6-15(7-5-14)22(19,20)17(2)3/h4-7,13,16H,8-12H2,1-3H3/t13-/m1/s1. The Morgan fingerprint density at radius 2 is 2.00 bits per heavy atom. The highest BCUT2D eigenvalue weighted by Gasteiger charge is 2.18. The number of nitrogens with zero attached hydrogens (tertiary/aromatic N) is 2. The second-order valence-corrected chi connectivity index (χ2v) is 7.85. The topological polar surface area (TPSA) is 61.9 Å². The highest BCUT2D eigenvalue weighted by atomic mass is 32.2. The third-order valence-electron chi connectivity index (χ3n) is 3.89. The molecule has 1 saturated heterocycles. The maximum Gasteiger partial charge on any atom is 0.242 e. The van der Waals surface area contributed by atoms with Crippen molar-refractivity contribution in [2.45, 2.75) is 17.9 Å². The fraction of sp³-hybridized carbons (Fsp3) is 0.600. The lowest BCUT2D eigenvalue weighted by Crippen LogP contribution is -2.50. The summed E-state index contributed by atoms with van der Waals surface area (Å²) in [6.07, 6.45) is 0. The Morgan fingerprint density at radius 3 is 2.59 bits per heavy atom. The van der Waals surface area contributed by atoms with Crippen LogP contribution in [0.25, 0.3) is 0 Å². The minimum Gasteiger partial charge on any atom is -0.492 e. The van der Waals surface area contributed by atoms with Crippen molar-refractivity contribution in [2.24, 2.45) is 0 Å². The van der Waals surface area contributed by atoms with Gasteiger partial charge in [0.15, 0.2) is 0 Å². The Hall–Kier alpha value is -1.15. The monoisotopic (exact) mass is 327 g/mol. The summed E-state index contributed by atoms with van der Waals surface area (Å²) in [5, 5.41) is 3.36. The third-order valence-corrected chi connectivity index (χ3v) is 5.72. The van der Waals surface area contributed by atoms with Gasteiger partial charge in [-0.15, -0.1) is 0 Å². The van der Waals surface area contributed by atoms with Crippen LogP contribution >= 0.6 is 0 Å². The summed E-state index contributed by atoms with van der Waals surface area (Å²) in [7, 11) is -0.332. The van der Waals surface area contributed by atoms with E-state index in [1.54, 1.807) is 24.3 Å². The van der Waals surface area contributed by atoms with Gasteiger partial charge in [-0.05, 0) is 31.2 Å². The molecule has 1 fully saturated rings. The number of rotatable bonds is 6. The average Bonchev–Trinajstić information content (AvgIpc) is 2.49. The average molecular weight is 327 g/mol. The maximum absolute atomic E-state index is 12.0. The van der Waals surface area contributed by atoms with Gasteiger partial charge in [0.25, 0.3) is 0 Å². The van der Waals surface area contributed by atoms with E-state index < -0.39 is 10.0 Å². The molecule has 0 spiro atoms. The molecule has 1 aliphatic heterocycles. The van der Waals surface area contributed by atoms with Gasteiger partial charge in [0, 0.05) is 46.3 Å². The van der Waals surface area contributed by atoms with Gasteiger partial charge in [-0.3, -0.25) is 4.90 Å². The van der Waals surface area contributed by atoms with Crippen molar-refractivity contribution in [3.63, 3.8) is 0 Å². The molecule has 7 heteroatoms. The van der Waals surface area contributed by atoms with Gasteiger partial charge in [-0.2, -0.15) is 0 Å². The van der Waals surface area contributed by atoms with Crippen molar-refractivity contribution >= 4 is 10.0 Å². The van der Waals surface area contributed by atoms with Gasteiger partial charge in [0.2, 0.25) is 10.0 Å². The number of hydrogen-bond donors (Lipinski definition) is 1. The van der Waals surface area contributed by atoms with Crippen molar-refractivity contribution in [1.29, 1.82) is 0 Å². The second-order valence-electron chi connectivity index (χ2n) is 5.70. The van der Waals surface area contributed by atoms with E-state index in [2.05, 4.69) is 17.1 Å². The Bertz CT molecular complexity index is 572. The molecular weight excluding hydrogens is 302 g/mol. The van der Waals surface area contributed by atoms with Crippen molar-refractivity contribution in [3.8, 4) is 5.75 Å². The number of benzene rings is 1. The Balaban J connectivity index is 1.87. The summed E-state index contributed by atoms with van der Waals surface area (Å²) in [6, 6.07) is 7.09. The van der Waals surface area contributed by atoms with E-state index in [4.69, 9.17) is 4.74 Å². The summed E-state index contributed by atoms with van der Waals surface area (Å²) in [4.78, 5) is 2.67. The molecule has 1 aromatic rings. The Morgan fingerprint density at radius 1 is 1.32 bits per heavy atom. The summed E-state index contributed by atoms with van der Waals surface area (Å²) < 4.78 is 30.9. The molecule has 1 aliphatic rings. The molecule has 0 aromatic heterocycles. The molecule has 0 bridgehead atoms. The highest BCUT2D eigenvalue weighted by Crippen LogP contribution is 2.18. The van der Waals surface area contributed by atoms with Crippen molar-refractivity contribution < 1.29 is 13.2 Å². The van der Waals surface area contributed by atoms with Gasteiger partial charge in [-0.25, -0.2) is 12.7 Å². The molecular formula is C15H25N3O3S. The lowest BCUT2D eigenvalue weighted by atomic mass is 10.2. The van der Waals surface area contributed by atoms with Gasteiger partial charge >= 0.3 is 0 Å². The third kappa shape index (κ3) is 4.19. The number of nitrogens with one attached hydrogen (secondary N) is 1. The summed E-state index contributed by atoms with van der Waals surface area (Å²) in [5.74, 6) is 0.695. The lowest BCUT2D eigenvalue weighted by Gasteiger charge is -2.33. The van der Waals surface area contributed by atoms with Crippen LogP contribution in [0, 0.1) is 0 Å². The SMILES string of the molecule is C[C@@H]1CNCCN1CCOc1ccc(S(=O)(=O)N(C)C)cc1. The first kappa shape index (κ1) is 17.2. The van der Waals surface area contributed by atoms with E-state index >= 15 is 0 Å². The first-order valence-corrected chi connectivity index (χ1v) is 8.95. The molecule has 0 radical (unpaired) electrons. The minimum atomic E-state index is -3.38. The molecule has 22 heavy (non-hydrogen) atoms. The number of ether oxygens (including phenoxy) is 1. The van der Waals surface area contributed by atoms with Gasteiger partial charge in [0.05, 0.1) is 4.90 Å². The highest BCUT2D eigenvalue weighted by molar-refractivity contribution is 7.89. The summed E-state index contributed by atoms with van der Waals surface area (Å²) >= 11 is 0. The Kier molecular flexibility index (Phi) is 5.80. The van der Waals surface area contributed by atoms with Crippen LogP contribution in [0.2, 0.25) is 0 Å². The van der Waals surface area contributed by atoms with Gasteiger partial charge in [0.1, 0.15) is 12.4 Å². The molecule has 0 amide bonds. The molecule has 1 aromatic carbocycles. The minimum absolute atomic E-state index is 0.278. The van der Waals surface area contributed by atoms with Crippen LogP contribution in [0.1, 0.15) is 6.92 Å². The smallest absolute Gasteiger partial charge is 0.242 e. The molecule has 0 saturated carbocycles. The van der Waals surface area contributed by atoms with E-state index in [1.165, 1.54) is 18.4 Å². The van der Waals surface area contributed by atoms with Crippen LogP contribution in [0.4, 0.5) is 0 Å². The quantitative estimate of drug-likeness (QED) is 0.829. The number of piperazine rings is 1. The summed E-state index contributed by atoms with van der Waals surface area (Å²) in [5.41, 5.74) is 0. The zero-order valence-electron chi connectivity index (χ0n) is 13.4. The molecule has 1 N–H and O–H groups in total. The van der Waals surface area contributed by atoms with Crippen molar-refractivity contribution in [1.82, 2.24) is 14.5 Å². The molecule has 1 heterocycles. The normalized spacial score (nSPS) is 20.3. The predicted octanol–water partition coefficient (Wildman–Crippen LogP) is 0.609. The second kappa shape index (κ2) is 7.41. The number of hydrogen-bond acceptors (Lipinski definition) is 5. The van der Waals surface area contributed by atoms with Crippen LogP contribution in [0.5, 0.6) is 5.75 Å². The first-order chi connectivity index (χ1) is 10.4. The van der Waals surface area contributed by atoms with E-state index in [0.29, 0.717) is 18.4 Å². The van der Waals surface area contributed by atoms with E-state index in [0.717, 1.165) is 26.2 Å². The van der Waals surface area contributed by atoms with Crippen molar-refractivity contribution in [3.05, 3.63) is 24.3 Å². The Labute approximate surface area is 133 Å². The molecule has 6 nitrogen and oxygen atoms in total. The van der Waals surface area contributed by atoms with E-state index in [9.17, 15) is 8.42 Å². The zero-order chi connectivity index (χ0) is 16.2. The van der Waals surface area contributed by atoms with Gasteiger partial charge < -0.3 is 10.1 Å². The lowest BCUT2D eigenvalue weighted by molar-refractivity contribution is 0.143. The first-order valence-electron chi connectivity index (χ1n) is 7.51. The molecule has 0 unspecified atom stereocenters. The zero-order valence-corrected chi connectivity index (χ0v) is 14.3. The van der Waals surface area contributed by atoms with Crippen molar-refractivity contribution in [2.75, 3.05) is 46.9 Å². The predicted molar refractivity (Wildman–Crippen MR) is 86.7 cm³/mol. The van der Waals surface area contributed by atoms with E-state index in [-0.39, 0.29) is 4.90 Å². The fourth-order valence-corrected chi connectivity index (χ4v) is 3.32. The van der Waals surface area contributed by atoms with Crippen LogP contribution in [0.15, 0.2) is 29.2 Å². The largest absolute Gasteiger partial charge is 0.492 e. The molecule has 1 atom stereocenters. The van der Waals surface area contributed by atoms with Crippen LogP contribution in [0.3, 0.4) is 0 Å². The number of sulfonamides is 1. The molecule has 2 rings (SSSR count). The van der Waals surface area contributed by atoms with Crippen LogP contribution in [-0.4, -0.2) is 70.5 Å². The molecule has 0 aliphatic carbocycles. The van der Waals surface area contributed by atoms with E-state index in [1.807, 2.05) is 0 Å².